The summed E-state index contributed by atoms with van der Waals surface area (Å²) >= 11 is 0. The number of carbonyl (C=O) groups is 2. The smallest absolute Gasteiger partial charge is 0.308 e. The van der Waals surface area contributed by atoms with E-state index in [-0.39, 0.29) is 36.2 Å². The minimum Gasteiger partial charge on any atom is -0.462 e. The molecule has 1 saturated heterocycles. The molecule has 0 amide bonds. The average Bonchev–Trinajstić information content (AvgIpc) is 2.75. The molecule has 0 bridgehead atoms. The zero-order valence-corrected chi connectivity index (χ0v) is 17.9. The number of hydrogen-bond donors (Lipinski definition) is 1. The van der Waals surface area contributed by atoms with Gasteiger partial charge in [0.05, 0.1) is 18.4 Å². The average molecular weight is 409 g/mol. The van der Waals surface area contributed by atoms with Crippen molar-refractivity contribution in [1.82, 2.24) is 0 Å². The second-order valence-electron chi connectivity index (χ2n) is 8.84. The molecular weight excluding hydrogens is 368 g/mol. The van der Waals surface area contributed by atoms with E-state index in [1.165, 1.54) is 0 Å². The summed E-state index contributed by atoms with van der Waals surface area (Å²) in [6, 6.07) is 0. The molecule has 0 aromatic heterocycles. The molecule has 29 heavy (non-hydrogen) atoms. The molecule has 162 valence electrons. The third-order valence-corrected chi connectivity index (χ3v) is 6.58. The maximum Gasteiger partial charge on any atom is 0.308 e. The standard InChI is InChI=1S/C24H36O5/c1-5-15(3)24(27)29-21-11-14(2)10-17-7-6-16(4)20(23(17)21)9-8-19-12-18(25)13-22(26)28-19/h6-7,10,14-16,18-21,23,25H,5,8-9,11-13H2,1-4H3/t14-,15-,16-,18+,19?,20-,21-,23-/m0/s1/i13D2,15D,25D. The quantitative estimate of drug-likeness (QED) is 0.639. The van der Waals surface area contributed by atoms with E-state index in [4.69, 9.17) is 15.0 Å². The molecule has 0 spiro atoms. The Bertz CT molecular complexity index is 809. The lowest BCUT2D eigenvalue weighted by atomic mass is 9.65. The van der Waals surface area contributed by atoms with E-state index in [1.807, 2.05) is 0 Å². The molecule has 1 fully saturated rings. The first-order valence-electron chi connectivity index (χ1n) is 12.8. The third kappa shape index (κ3) is 5.30. The second kappa shape index (κ2) is 9.46. The third-order valence-electron chi connectivity index (χ3n) is 6.58. The number of ether oxygens (including phenoxy) is 2. The summed E-state index contributed by atoms with van der Waals surface area (Å²) in [5, 5.41) is 4.50. The van der Waals surface area contributed by atoms with Gasteiger partial charge in [-0.3, -0.25) is 9.59 Å². The van der Waals surface area contributed by atoms with Crippen LogP contribution in [0.25, 0.3) is 0 Å². The lowest BCUT2D eigenvalue weighted by Crippen LogP contribution is -2.42. The lowest BCUT2D eigenvalue weighted by Gasteiger charge is -2.43. The number of cyclic esters (lactones) is 1. The number of esters is 2. The monoisotopic (exact) mass is 408 g/mol. The molecule has 0 saturated carbocycles. The topological polar surface area (TPSA) is 72.8 Å². The van der Waals surface area contributed by atoms with Crippen LogP contribution in [0, 0.1) is 29.6 Å². The highest BCUT2D eigenvalue weighted by atomic mass is 16.5. The Labute approximate surface area is 180 Å². The van der Waals surface area contributed by atoms with E-state index >= 15 is 0 Å². The van der Waals surface area contributed by atoms with Crippen molar-refractivity contribution >= 4 is 11.9 Å². The van der Waals surface area contributed by atoms with E-state index in [9.17, 15) is 9.59 Å². The summed E-state index contributed by atoms with van der Waals surface area (Å²) < 4.78 is 42.3. The first-order chi connectivity index (χ1) is 15.4. The van der Waals surface area contributed by atoms with Gasteiger partial charge < -0.3 is 14.6 Å². The summed E-state index contributed by atoms with van der Waals surface area (Å²) in [6.45, 7) is 7.61. The van der Waals surface area contributed by atoms with Crippen LogP contribution in [-0.2, 0) is 19.1 Å². The van der Waals surface area contributed by atoms with E-state index in [2.05, 4.69) is 37.2 Å². The number of hydrogen-bond acceptors (Lipinski definition) is 5. The van der Waals surface area contributed by atoms with Gasteiger partial charge in [0.15, 0.2) is 0 Å². The first kappa shape index (κ1) is 17.1. The lowest BCUT2D eigenvalue weighted by molar-refractivity contribution is -0.162. The van der Waals surface area contributed by atoms with Gasteiger partial charge in [-0.1, -0.05) is 45.9 Å². The predicted octanol–water partition coefficient (Wildman–Crippen LogP) is 4.20. The molecule has 0 radical (unpaired) electrons. The number of aliphatic hydroxyl groups is 1. The molecule has 8 atom stereocenters. The van der Waals surface area contributed by atoms with Gasteiger partial charge in [-0.05, 0) is 49.0 Å². The van der Waals surface area contributed by atoms with Crippen LogP contribution in [0.4, 0.5) is 0 Å². The van der Waals surface area contributed by atoms with Gasteiger partial charge in [-0.25, -0.2) is 0 Å². The largest absolute Gasteiger partial charge is 0.462 e. The number of rotatable bonds is 7. The Balaban J connectivity index is 1.76. The maximum absolute atomic E-state index is 12.7. The van der Waals surface area contributed by atoms with Crippen LogP contribution >= 0.6 is 0 Å². The number of carbonyl (C=O) groups excluding carboxylic acids is 2. The molecule has 2 aliphatic carbocycles. The number of fused-ring (bicyclic) bond motifs is 1. The Morgan fingerprint density at radius 3 is 2.97 bits per heavy atom. The Morgan fingerprint density at radius 1 is 1.45 bits per heavy atom. The summed E-state index contributed by atoms with van der Waals surface area (Å²) in [5.41, 5.74) is 1.14. The van der Waals surface area contributed by atoms with E-state index in [1.54, 1.807) is 13.8 Å². The SMILES string of the molecule is [2H]O[C@@H]1CC(CC[C@@H]2[C@@H]3C(=C[C@H](C)C[C@@H]3OC(=O)[C@@]([2H])(C)CC)C=C[C@@H]2C)OC(=O)C1([2H])[2H]. The fourth-order valence-corrected chi connectivity index (χ4v) is 4.82. The molecule has 1 N–H and O–H groups in total. The van der Waals surface area contributed by atoms with Crippen LogP contribution in [-0.4, -0.2) is 36.8 Å². The molecular formula is C24H36O5. The van der Waals surface area contributed by atoms with Crippen molar-refractivity contribution in [1.29, 1.82) is 1.43 Å². The Hall–Kier alpha value is -1.62. The molecule has 0 aromatic carbocycles. The molecule has 5 heteroatoms. The van der Waals surface area contributed by atoms with Gasteiger partial charge in [-0.2, -0.15) is 0 Å². The summed E-state index contributed by atoms with van der Waals surface area (Å²) in [7, 11) is 0. The molecule has 3 rings (SSSR count). The number of aliphatic hydroxyl groups excluding tert-OH is 1. The molecule has 3 aliphatic rings. The molecule has 1 unspecified atom stereocenters. The molecule has 5 nitrogen and oxygen atoms in total. The predicted molar refractivity (Wildman–Crippen MR) is 111 cm³/mol. The van der Waals surface area contributed by atoms with Crippen molar-refractivity contribution in [2.75, 3.05) is 0 Å². The van der Waals surface area contributed by atoms with Crippen LogP contribution in [0.3, 0.4) is 0 Å². The Kier molecular flexibility index (Phi) is 5.58. The van der Waals surface area contributed by atoms with Crippen LogP contribution in [0.1, 0.15) is 70.3 Å². The normalized spacial score (nSPS) is 42.7. The van der Waals surface area contributed by atoms with E-state index < -0.39 is 36.4 Å². The molecule has 0 aromatic rings. The minimum absolute atomic E-state index is 0.00763. The van der Waals surface area contributed by atoms with Crippen molar-refractivity contribution < 1.29 is 28.3 Å². The van der Waals surface area contributed by atoms with Crippen molar-refractivity contribution in [2.24, 2.45) is 29.6 Å². The summed E-state index contributed by atoms with van der Waals surface area (Å²) in [5.74, 6) is -2.17. The summed E-state index contributed by atoms with van der Waals surface area (Å²) in [6.07, 6.45) is 4.57. The van der Waals surface area contributed by atoms with E-state index in [0.29, 0.717) is 25.7 Å². The zero-order chi connectivity index (χ0) is 24.6. The fraction of sp³-hybridized carbons (Fsp3) is 0.750. The maximum atomic E-state index is 12.7. The van der Waals surface area contributed by atoms with Gasteiger partial charge in [-0.15, -0.1) is 0 Å². The molecule has 1 aliphatic heterocycles. The molecule has 1 heterocycles. The van der Waals surface area contributed by atoms with Crippen LogP contribution in [0.15, 0.2) is 23.8 Å². The zero-order valence-electron chi connectivity index (χ0n) is 21.9. The van der Waals surface area contributed by atoms with Gasteiger partial charge in [0.1, 0.15) is 12.2 Å². The van der Waals surface area contributed by atoms with Crippen molar-refractivity contribution in [2.45, 2.75) is 84.5 Å². The highest BCUT2D eigenvalue weighted by molar-refractivity contribution is 5.72. The van der Waals surface area contributed by atoms with Crippen LogP contribution < -0.4 is 0 Å². The first-order valence-corrected chi connectivity index (χ1v) is 10.8. The summed E-state index contributed by atoms with van der Waals surface area (Å²) in [4.78, 5) is 24.8. The van der Waals surface area contributed by atoms with Crippen molar-refractivity contribution in [3.8, 4) is 0 Å². The van der Waals surface area contributed by atoms with Crippen LogP contribution in [0.2, 0.25) is 0 Å². The second-order valence-corrected chi connectivity index (χ2v) is 8.84. The van der Waals surface area contributed by atoms with Gasteiger partial charge in [0, 0.05) is 16.5 Å². The van der Waals surface area contributed by atoms with E-state index in [0.717, 1.165) is 5.57 Å². The van der Waals surface area contributed by atoms with Crippen LogP contribution in [0.5, 0.6) is 0 Å². The van der Waals surface area contributed by atoms with Crippen molar-refractivity contribution in [3.63, 3.8) is 0 Å². The Morgan fingerprint density at radius 2 is 2.24 bits per heavy atom. The highest BCUT2D eigenvalue weighted by Gasteiger charge is 2.42. The minimum atomic E-state index is -2.32. The highest BCUT2D eigenvalue weighted by Crippen LogP contribution is 2.45. The van der Waals surface area contributed by atoms with Gasteiger partial charge >= 0.3 is 11.9 Å². The number of allylic oxidation sites excluding steroid dienone is 3. The fourth-order valence-electron chi connectivity index (χ4n) is 4.82. The van der Waals surface area contributed by atoms with Gasteiger partial charge in [0.2, 0.25) is 1.43 Å². The van der Waals surface area contributed by atoms with Gasteiger partial charge in [0.25, 0.3) is 0 Å². The van der Waals surface area contributed by atoms with Crippen molar-refractivity contribution in [3.05, 3.63) is 23.8 Å².